The zero-order chi connectivity index (χ0) is 13.0. The van der Waals surface area contributed by atoms with E-state index in [9.17, 15) is 9.59 Å². The number of esters is 1. The molecule has 0 bridgehead atoms. The smallest absolute Gasteiger partial charge is 0.338 e. The van der Waals surface area contributed by atoms with Crippen LogP contribution in [0.15, 0.2) is 18.2 Å². The summed E-state index contributed by atoms with van der Waals surface area (Å²) in [5.74, 6) is 0.416. The molecular formula is C13H14O5. The van der Waals surface area contributed by atoms with E-state index >= 15 is 0 Å². The third-order valence-corrected chi connectivity index (χ3v) is 2.39. The number of fused-ring (bicyclic) bond motifs is 1. The molecule has 1 aliphatic rings. The largest absolute Gasteiger partial charge is 0.490 e. The van der Waals surface area contributed by atoms with Gasteiger partial charge >= 0.3 is 5.97 Å². The molecule has 1 aromatic rings. The lowest BCUT2D eigenvalue weighted by atomic mass is 10.2. The summed E-state index contributed by atoms with van der Waals surface area (Å²) in [5, 5.41) is 0. The van der Waals surface area contributed by atoms with Crippen LogP contribution in [0.5, 0.6) is 11.5 Å². The van der Waals surface area contributed by atoms with Crippen molar-refractivity contribution in [3.05, 3.63) is 23.8 Å². The molecule has 2 rings (SSSR count). The van der Waals surface area contributed by atoms with Crippen molar-refractivity contribution < 1.29 is 23.8 Å². The standard InChI is InChI=1S/C13H14O5/c1-9(14)8-18-13(15)10-3-4-11-12(7-10)17-6-2-5-16-11/h3-4,7H,2,5-6,8H2,1H3. The van der Waals surface area contributed by atoms with Gasteiger partial charge in [0.2, 0.25) is 0 Å². The summed E-state index contributed by atoms with van der Waals surface area (Å²) < 4.78 is 15.7. The number of ether oxygens (including phenoxy) is 3. The predicted molar refractivity (Wildman–Crippen MR) is 63.0 cm³/mol. The van der Waals surface area contributed by atoms with E-state index in [-0.39, 0.29) is 12.4 Å². The number of Topliss-reactive ketones (excluding diaryl/α,β-unsaturated/α-hetero) is 1. The van der Waals surface area contributed by atoms with Crippen LogP contribution in [-0.4, -0.2) is 31.6 Å². The van der Waals surface area contributed by atoms with Crippen molar-refractivity contribution in [3.8, 4) is 11.5 Å². The van der Waals surface area contributed by atoms with Gasteiger partial charge in [0.05, 0.1) is 18.8 Å². The Bertz CT molecular complexity index is 466. The van der Waals surface area contributed by atoms with E-state index in [0.29, 0.717) is 30.3 Å². The van der Waals surface area contributed by atoms with Crippen LogP contribution in [0.4, 0.5) is 0 Å². The fourth-order valence-corrected chi connectivity index (χ4v) is 1.54. The Morgan fingerprint density at radius 2 is 1.94 bits per heavy atom. The Balaban J connectivity index is 2.12. The molecule has 0 amide bonds. The van der Waals surface area contributed by atoms with Gasteiger partial charge in [-0.1, -0.05) is 0 Å². The topological polar surface area (TPSA) is 61.8 Å². The number of ketones is 1. The molecule has 0 unspecified atom stereocenters. The lowest BCUT2D eigenvalue weighted by Gasteiger charge is -2.08. The van der Waals surface area contributed by atoms with Gasteiger partial charge in [-0.25, -0.2) is 4.79 Å². The van der Waals surface area contributed by atoms with Crippen LogP contribution in [0.1, 0.15) is 23.7 Å². The average Bonchev–Trinajstić information content (AvgIpc) is 2.60. The maximum atomic E-state index is 11.7. The van der Waals surface area contributed by atoms with Gasteiger partial charge in [0, 0.05) is 6.42 Å². The fraction of sp³-hybridized carbons (Fsp3) is 0.385. The molecule has 1 aromatic carbocycles. The zero-order valence-corrected chi connectivity index (χ0v) is 10.1. The highest BCUT2D eigenvalue weighted by Crippen LogP contribution is 2.30. The van der Waals surface area contributed by atoms with E-state index < -0.39 is 5.97 Å². The molecule has 0 saturated carbocycles. The molecule has 5 nitrogen and oxygen atoms in total. The summed E-state index contributed by atoms with van der Waals surface area (Å²) in [4.78, 5) is 22.4. The first kappa shape index (κ1) is 12.4. The van der Waals surface area contributed by atoms with Gasteiger partial charge in [0.15, 0.2) is 17.3 Å². The van der Waals surface area contributed by atoms with Gasteiger partial charge in [-0.3, -0.25) is 4.79 Å². The molecule has 0 aliphatic carbocycles. The molecule has 1 heterocycles. The Labute approximate surface area is 105 Å². The monoisotopic (exact) mass is 250 g/mol. The average molecular weight is 250 g/mol. The van der Waals surface area contributed by atoms with Crippen molar-refractivity contribution in [2.75, 3.05) is 19.8 Å². The van der Waals surface area contributed by atoms with Crippen LogP contribution in [0.25, 0.3) is 0 Å². The van der Waals surface area contributed by atoms with Crippen LogP contribution in [-0.2, 0) is 9.53 Å². The molecule has 1 aliphatic heterocycles. The normalized spacial score (nSPS) is 13.6. The minimum atomic E-state index is -0.541. The Morgan fingerprint density at radius 1 is 1.22 bits per heavy atom. The summed E-state index contributed by atoms with van der Waals surface area (Å²) in [6.07, 6.45) is 0.804. The highest BCUT2D eigenvalue weighted by Gasteiger charge is 2.15. The van der Waals surface area contributed by atoms with Crippen LogP contribution >= 0.6 is 0 Å². The highest BCUT2D eigenvalue weighted by molar-refractivity contribution is 5.92. The molecule has 0 radical (unpaired) electrons. The maximum Gasteiger partial charge on any atom is 0.338 e. The molecular weight excluding hydrogens is 236 g/mol. The van der Waals surface area contributed by atoms with Crippen LogP contribution in [0.3, 0.4) is 0 Å². The van der Waals surface area contributed by atoms with Gasteiger partial charge < -0.3 is 14.2 Å². The molecule has 0 spiro atoms. The van der Waals surface area contributed by atoms with Crippen molar-refractivity contribution in [2.24, 2.45) is 0 Å². The van der Waals surface area contributed by atoms with E-state index in [4.69, 9.17) is 14.2 Å². The van der Waals surface area contributed by atoms with Crippen molar-refractivity contribution in [1.29, 1.82) is 0 Å². The van der Waals surface area contributed by atoms with Crippen LogP contribution < -0.4 is 9.47 Å². The number of carbonyl (C=O) groups is 2. The second kappa shape index (κ2) is 5.53. The number of benzene rings is 1. The van der Waals surface area contributed by atoms with Crippen LogP contribution in [0.2, 0.25) is 0 Å². The molecule has 0 fully saturated rings. The molecule has 18 heavy (non-hydrogen) atoms. The SMILES string of the molecule is CC(=O)COC(=O)c1ccc2c(c1)OCCCO2. The fourth-order valence-electron chi connectivity index (χ4n) is 1.54. The molecule has 96 valence electrons. The lowest BCUT2D eigenvalue weighted by molar-refractivity contribution is -0.120. The van der Waals surface area contributed by atoms with Crippen molar-refractivity contribution in [3.63, 3.8) is 0 Å². The summed E-state index contributed by atoms with van der Waals surface area (Å²) in [7, 11) is 0. The quantitative estimate of drug-likeness (QED) is 0.762. The number of carbonyl (C=O) groups excluding carboxylic acids is 2. The number of hydrogen-bond donors (Lipinski definition) is 0. The van der Waals surface area contributed by atoms with Gasteiger partial charge in [-0.15, -0.1) is 0 Å². The number of rotatable bonds is 3. The zero-order valence-electron chi connectivity index (χ0n) is 10.1. The summed E-state index contributed by atoms with van der Waals surface area (Å²) in [5.41, 5.74) is 0.348. The predicted octanol–water partition coefficient (Wildman–Crippen LogP) is 1.59. The van der Waals surface area contributed by atoms with E-state index in [1.54, 1.807) is 18.2 Å². The summed E-state index contributed by atoms with van der Waals surface area (Å²) in [6.45, 7) is 2.30. The Kier molecular flexibility index (Phi) is 3.82. The van der Waals surface area contributed by atoms with Gasteiger partial charge in [0.25, 0.3) is 0 Å². The lowest BCUT2D eigenvalue weighted by Crippen LogP contribution is -2.11. The molecule has 0 saturated heterocycles. The molecule has 0 aromatic heterocycles. The minimum absolute atomic E-state index is 0.197. The van der Waals surface area contributed by atoms with Gasteiger partial charge in [0.1, 0.15) is 6.61 Å². The molecule has 0 N–H and O–H groups in total. The van der Waals surface area contributed by atoms with Gasteiger partial charge in [-0.05, 0) is 25.1 Å². The molecule has 5 heteroatoms. The van der Waals surface area contributed by atoms with Crippen molar-refractivity contribution in [2.45, 2.75) is 13.3 Å². The molecule has 0 atom stereocenters. The Hall–Kier alpha value is -2.04. The highest BCUT2D eigenvalue weighted by atomic mass is 16.5. The third-order valence-electron chi connectivity index (χ3n) is 2.39. The number of hydrogen-bond acceptors (Lipinski definition) is 5. The van der Waals surface area contributed by atoms with E-state index in [1.165, 1.54) is 6.92 Å². The van der Waals surface area contributed by atoms with Crippen molar-refractivity contribution >= 4 is 11.8 Å². The first-order chi connectivity index (χ1) is 8.66. The first-order valence-electron chi connectivity index (χ1n) is 5.73. The third kappa shape index (κ3) is 3.00. The van der Waals surface area contributed by atoms with E-state index in [2.05, 4.69) is 0 Å². The van der Waals surface area contributed by atoms with Gasteiger partial charge in [-0.2, -0.15) is 0 Å². The first-order valence-corrected chi connectivity index (χ1v) is 5.73. The summed E-state index contributed by atoms with van der Waals surface area (Å²) in [6, 6.07) is 4.84. The second-order valence-electron chi connectivity index (χ2n) is 3.99. The van der Waals surface area contributed by atoms with E-state index in [1.807, 2.05) is 0 Å². The summed E-state index contributed by atoms with van der Waals surface area (Å²) >= 11 is 0. The second-order valence-corrected chi connectivity index (χ2v) is 3.99. The van der Waals surface area contributed by atoms with Crippen LogP contribution in [0, 0.1) is 0 Å². The Morgan fingerprint density at radius 3 is 2.67 bits per heavy atom. The maximum absolute atomic E-state index is 11.7. The van der Waals surface area contributed by atoms with Crippen molar-refractivity contribution in [1.82, 2.24) is 0 Å². The minimum Gasteiger partial charge on any atom is -0.490 e. The van der Waals surface area contributed by atoms with E-state index in [0.717, 1.165) is 6.42 Å².